The first-order valence-electron chi connectivity index (χ1n) is 5.75. The lowest BCUT2D eigenvalue weighted by Gasteiger charge is -2.16. The Morgan fingerprint density at radius 3 is 2.94 bits per heavy atom. The van der Waals surface area contributed by atoms with E-state index in [-0.39, 0.29) is 17.6 Å². The minimum atomic E-state index is -0.214. The molecule has 3 heteroatoms. The minimum Gasteiger partial charge on any atom is -0.338 e. The van der Waals surface area contributed by atoms with Crippen molar-refractivity contribution in [3.8, 4) is 0 Å². The van der Waals surface area contributed by atoms with Crippen LogP contribution in [0.15, 0.2) is 30.9 Å². The van der Waals surface area contributed by atoms with Crippen LogP contribution in [0.1, 0.15) is 17.5 Å². The van der Waals surface area contributed by atoms with Gasteiger partial charge in [0, 0.05) is 25.4 Å². The van der Waals surface area contributed by atoms with Gasteiger partial charge in [0.2, 0.25) is 5.91 Å². The number of carbonyl (C=O) groups excluding carboxylic acids is 1. The van der Waals surface area contributed by atoms with Crippen molar-refractivity contribution in [3.05, 3.63) is 47.8 Å². The molecule has 0 saturated carbocycles. The molecule has 0 bridgehead atoms. The largest absolute Gasteiger partial charge is 0.338 e. The van der Waals surface area contributed by atoms with E-state index in [4.69, 9.17) is 0 Å². The molecule has 90 valence electrons. The SMILES string of the molecule is C=CC1CC(=O)N(Cc2ccc(C)c(F)c2)C1. The number of amides is 1. The van der Waals surface area contributed by atoms with E-state index in [9.17, 15) is 9.18 Å². The van der Waals surface area contributed by atoms with Gasteiger partial charge in [-0.25, -0.2) is 4.39 Å². The monoisotopic (exact) mass is 233 g/mol. The van der Waals surface area contributed by atoms with Crippen molar-refractivity contribution in [2.75, 3.05) is 6.54 Å². The zero-order chi connectivity index (χ0) is 12.4. The highest BCUT2D eigenvalue weighted by Crippen LogP contribution is 2.21. The molecule has 1 unspecified atom stereocenters. The lowest BCUT2D eigenvalue weighted by atomic mass is 10.1. The highest BCUT2D eigenvalue weighted by Gasteiger charge is 2.27. The molecule has 1 aromatic rings. The molecule has 0 spiro atoms. The lowest BCUT2D eigenvalue weighted by molar-refractivity contribution is -0.128. The standard InChI is InChI=1S/C14H16FNO/c1-3-11-7-14(17)16(8-11)9-12-5-4-10(2)13(15)6-12/h3-6,11H,1,7-9H2,2H3. The van der Waals surface area contributed by atoms with Gasteiger partial charge < -0.3 is 4.90 Å². The van der Waals surface area contributed by atoms with Crippen LogP contribution >= 0.6 is 0 Å². The summed E-state index contributed by atoms with van der Waals surface area (Å²) < 4.78 is 13.4. The van der Waals surface area contributed by atoms with E-state index in [0.29, 0.717) is 25.1 Å². The minimum absolute atomic E-state index is 0.121. The molecule has 2 rings (SSSR count). The molecule has 1 amide bonds. The van der Waals surface area contributed by atoms with E-state index < -0.39 is 0 Å². The second-order valence-electron chi connectivity index (χ2n) is 4.56. The van der Waals surface area contributed by atoms with Crippen LogP contribution in [0.3, 0.4) is 0 Å². The molecule has 1 aliphatic rings. The average molecular weight is 233 g/mol. The smallest absolute Gasteiger partial charge is 0.223 e. The van der Waals surface area contributed by atoms with E-state index >= 15 is 0 Å². The number of carbonyl (C=O) groups is 1. The molecule has 17 heavy (non-hydrogen) atoms. The topological polar surface area (TPSA) is 20.3 Å². The van der Waals surface area contributed by atoms with Gasteiger partial charge in [0.25, 0.3) is 0 Å². The number of nitrogens with zero attached hydrogens (tertiary/aromatic N) is 1. The fourth-order valence-electron chi connectivity index (χ4n) is 2.07. The van der Waals surface area contributed by atoms with Gasteiger partial charge in [-0.15, -0.1) is 6.58 Å². The van der Waals surface area contributed by atoms with Gasteiger partial charge in [0.15, 0.2) is 0 Å². The fraction of sp³-hybridized carbons (Fsp3) is 0.357. The maximum atomic E-state index is 13.4. The average Bonchev–Trinajstić information content (AvgIpc) is 2.65. The first-order valence-corrected chi connectivity index (χ1v) is 5.75. The van der Waals surface area contributed by atoms with Crippen LogP contribution in [0.2, 0.25) is 0 Å². The van der Waals surface area contributed by atoms with Crippen molar-refractivity contribution >= 4 is 5.91 Å². The van der Waals surface area contributed by atoms with Crippen LogP contribution in [0, 0.1) is 18.7 Å². The van der Waals surface area contributed by atoms with Gasteiger partial charge >= 0.3 is 0 Å². The first kappa shape index (κ1) is 11.8. The number of halogens is 1. The molecule has 1 atom stereocenters. The van der Waals surface area contributed by atoms with Crippen molar-refractivity contribution in [1.29, 1.82) is 0 Å². The van der Waals surface area contributed by atoms with Crippen LogP contribution in [0.4, 0.5) is 4.39 Å². The summed E-state index contributed by atoms with van der Waals surface area (Å²) in [5.41, 5.74) is 1.47. The molecule has 1 heterocycles. The summed E-state index contributed by atoms with van der Waals surface area (Å²) in [7, 11) is 0. The fourth-order valence-corrected chi connectivity index (χ4v) is 2.07. The van der Waals surface area contributed by atoms with Crippen molar-refractivity contribution in [2.45, 2.75) is 19.9 Å². The van der Waals surface area contributed by atoms with Gasteiger partial charge in [-0.2, -0.15) is 0 Å². The highest BCUT2D eigenvalue weighted by molar-refractivity contribution is 5.79. The second-order valence-corrected chi connectivity index (χ2v) is 4.56. The third-order valence-corrected chi connectivity index (χ3v) is 3.19. The molecule has 0 N–H and O–H groups in total. The van der Waals surface area contributed by atoms with E-state index in [2.05, 4.69) is 6.58 Å². The van der Waals surface area contributed by atoms with E-state index in [1.165, 1.54) is 6.07 Å². The Kier molecular flexibility index (Phi) is 3.27. The molecule has 0 aromatic heterocycles. The molecular formula is C14H16FNO. The Morgan fingerprint density at radius 2 is 2.35 bits per heavy atom. The molecule has 1 fully saturated rings. The zero-order valence-corrected chi connectivity index (χ0v) is 9.95. The molecule has 0 aliphatic carbocycles. The Morgan fingerprint density at radius 1 is 1.59 bits per heavy atom. The number of likely N-dealkylation sites (tertiary alicyclic amines) is 1. The number of aryl methyl sites for hydroxylation is 1. The number of rotatable bonds is 3. The van der Waals surface area contributed by atoms with E-state index in [0.717, 1.165) is 5.56 Å². The molecule has 2 nitrogen and oxygen atoms in total. The van der Waals surface area contributed by atoms with Gasteiger partial charge in [-0.1, -0.05) is 18.2 Å². The summed E-state index contributed by atoms with van der Waals surface area (Å²) in [5.74, 6) is 0.142. The summed E-state index contributed by atoms with van der Waals surface area (Å²) in [4.78, 5) is 13.4. The third-order valence-electron chi connectivity index (χ3n) is 3.19. The van der Waals surface area contributed by atoms with E-state index in [1.807, 2.05) is 12.1 Å². The van der Waals surface area contributed by atoms with Crippen molar-refractivity contribution in [3.63, 3.8) is 0 Å². The summed E-state index contributed by atoms with van der Waals surface area (Å²) in [6.45, 7) is 6.61. The lowest BCUT2D eigenvalue weighted by Crippen LogP contribution is -2.24. The second kappa shape index (κ2) is 4.70. The Balaban J connectivity index is 2.08. The Labute approximate surface area is 101 Å². The van der Waals surface area contributed by atoms with Gasteiger partial charge in [-0.3, -0.25) is 4.79 Å². The molecule has 1 aliphatic heterocycles. The molecule has 1 saturated heterocycles. The van der Waals surface area contributed by atoms with Gasteiger partial charge in [0.05, 0.1) is 0 Å². The Hall–Kier alpha value is -1.64. The van der Waals surface area contributed by atoms with Gasteiger partial charge in [-0.05, 0) is 24.1 Å². The van der Waals surface area contributed by atoms with Crippen LogP contribution in [-0.2, 0) is 11.3 Å². The summed E-state index contributed by atoms with van der Waals surface area (Å²) in [6.07, 6.45) is 2.34. The summed E-state index contributed by atoms with van der Waals surface area (Å²) in [6, 6.07) is 5.12. The number of benzene rings is 1. The summed E-state index contributed by atoms with van der Waals surface area (Å²) >= 11 is 0. The molecule has 1 aromatic carbocycles. The van der Waals surface area contributed by atoms with Gasteiger partial charge in [0.1, 0.15) is 5.82 Å². The predicted octanol–water partition coefficient (Wildman–Crippen LogP) is 2.67. The predicted molar refractivity (Wildman–Crippen MR) is 64.9 cm³/mol. The molecule has 0 radical (unpaired) electrons. The highest BCUT2D eigenvalue weighted by atomic mass is 19.1. The van der Waals surface area contributed by atoms with Crippen LogP contribution < -0.4 is 0 Å². The Bertz CT molecular complexity index is 456. The first-order chi connectivity index (χ1) is 8.10. The number of hydrogen-bond donors (Lipinski definition) is 0. The van der Waals surface area contributed by atoms with Crippen LogP contribution in [0.25, 0.3) is 0 Å². The quantitative estimate of drug-likeness (QED) is 0.735. The van der Waals surface area contributed by atoms with Crippen LogP contribution in [0.5, 0.6) is 0 Å². The maximum absolute atomic E-state index is 13.4. The zero-order valence-electron chi connectivity index (χ0n) is 9.95. The van der Waals surface area contributed by atoms with Crippen molar-refractivity contribution in [1.82, 2.24) is 4.90 Å². The maximum Gasteiger partial charge on any atom is 0.223 e. The van der Waals surface area contributed by atoms with Crippen molar-refractivity contribution in [2.24, 2.45) is 5.92 Å². The summed E-state index contributed by atoms with van der Waals surface area (Å²) in [5, 5.41) is 0. The third kappa shape index (κ3) is 2.54. The van der Waals surface area contributed by atoms with Crippen LogP contribution in [-0.4, -0.2) is 17.4 Å². The normalized spacial score (nSPS) is 19.8. The molecular weight excluding hydrogens is 217 g/mol. The van der Waals surface area contributed by atoms with E-state index in [1.54, 1.807) is 17.9 Å². The number of hydrogen-bond acceptors (Lipinski definition) is 1. The van der Waals surface area contributed by atoms with Crippen molar-refractivity contribution < 1.29 is 9.18 Å².